The summed E-state index contributed by atoms with van der Waals surface area (Å²) < 4.78 is 0. The molecule has 4 nitrogen and oxygen atoms in total. The van der Waals surface area contributed by atoms with Crippen LogP contribution < -0.4 is 0 Å². The molecule has 0 aromatic heterocycles. The van der Waals surface area contributed by atoms with E-state index in [9.17, 15) is 9.90 Å². The zero-order valence-corrected chi connectivity index (χ0v) is 9.57. The minimum absolute atomic E-state index is 0.208. The second-order valence-electron chi connectivity index (χ2n) is 4.85. The normalized spacial score (nSPS) is 30.1. The van der Waals surface area contributed by atoms with Crippen LogP contribution in [0.5, 0.6) is 0 Å². The van der Waals surface area contributed by atoms with Gasteiger partial charge in [-0.1, -0.05) is 0 Å². The summed E-state index contributed by atoms with van der Waals surface area (Å²) in [5.41, 5.74) is -0.601. The largest absolute Gasteiger partial charge is 0.481 e. The molecule has 4 heteroatoms. The average molecular weight is 215 g/mol. The van der Waals surface area contributed by atoms with Gasteiger partial charge in [-0.05, 0) is 39.7 Å². The van der Waals surface area contributed by atoms with Gasteiger partial charge >= 0.3 is 5.97 Å². The molecule has 1 heterocycles. The van der Waals surface area contributed by atoms with Crippen LogP contribution in [0.25, 0.3) is 0 Å². The molecular formula is C11H21NO3. The molecule has 88 valence electrons. The lowest BCUT2D eigenvalue weighted by atomic mass is 9.93. The van der Waals surface area contributed by atoms with Gasteiger partial charge < -0.3 is 10.2 Å². The van der Waals surface area contributed by atoms with E-state index in [2.05, 4.69) is 4.90 Å². The summed E-state index contributed by atoms with van der Waals surface area (Å²) in [6.45, 7) is 5.51. The first-order chi connectivity index (χ1) is 6.91. The number of carbonyl (C=O) groups is 1. The third-order valence-electron chi connectivity index (χ3n) is 3.10. The van der Waals surface area contributed by atoms with Gasteiger partial charge in [0.2, 0.25) is 0 Å². The molecule has 0 aromatic rings. The molecule has 2 atom stereocenters. The van der Waals surface area contributed by atoms with Crippen molar-refractivity contribution in [3.63, 3.8) is 0 Å². The Morgan fingerprint density at radius 2 is 2.27 bits per heavy atom. The van der Waals surface area contributed by atoms with Crippen molar-refractivity contribution >= 4 is 5.97 Å². The molecule has 2 N–H and O–H groups in total. The van der Waals surface area contributed by atoms with Crippen molar-refractivity contribution in [2.24, 2.45) is 0 Å². The lowest BCUT2D eigenvalue weighted by molar-refractivity contribution is -0.137. The second-order valence-corrected chi connectivity index (χ2v) is 4.85. The molecule has 0 aromatic carbocycles. The molecule has 0 aliphatic carbocycles. The van der Waals surface area contributed by atoms with Gasteiger partial charge in [0.05, 0.1) is 5.60 Å². The van der Waals surface area contributed by atoms with Gasteiger partial charge in [-0.3, -0.25) is 9.69 Å². The predicted molar refractivity (Wildman–Crippen MR) is 57.8 cm³/mol. The topological polar surface area (TPSA) is 60.8 Å². The molecular weight excluding hydrogens is 194 g/mol. The van der Waals surface area contributed by atoms with Gasteiger partial charge in [0.15, 0.2) is 0 Å². The minimum Gasteiger partial charge on any atom is -0.481 e. The van der Waals surface area contributed by atoms with Gasteiger partial charge in [0.25, 0.3) is 0 Å². The zero-order chi connectivity index (χ0) is 11.5. The Morgan fingerprint density at radius 3 is 2.80 bits per heavy atom. The summed E-state index contributed by atoms with van der Waals surface area (Å²) in [6, 6.07) is 0.243. The average Bonchev–Trinajstić information content (AvgIpc) is 2.12. The third kappa shape index (κ3) is 4.18. The van der Waals surface area contributed by atoms with Crippen molar-refractivity contribution in [3.8, 4) is 0 Å². The lowest BCUT2D eigenvalue weighted by Gasteiger charge is -2.40. The summed E-state index contributed by atoms with van der Waals surface area (Å²) in [5, 5.41) is 18.5. The number of hydrogen-bond acceptors (Lipinski definition) is 3. The van der Waals surface area contributed by atoms with Gasteiger partial charge in [-0.25, -0.2) is 0 Å². The fraction of sp³-hybridized carbons (Fsp3) is 0.909. The van der Waals surface area contributed by atoms with E-state index in [1.807, 2.05) is 13.8 Å². The molecule has 1 rings (SSSR count). The van der Waals surface area contributed by atoms with Crippen molar-refractivity contribution in [2.45, 2.75) is 51.2 Å². The van der Waals surface area contributed by atoms with Gasteiger partial charge in [-0.2, -0.15) is 0 Å². The summed E-state index contributed by atoms with van der Waals surface area (Å²) in [5.74, 6) is -0.745. The maximum absolute atomic E-state index is 10.4. The molecule has 0 radical (unpaired) electrons. The first kappa shape index (κ1) is 12.5. The minimum atomic E-state index is -0.745. The van der Waals surface area contributed by atoms with Crippen molar-refractivity contribution in [1.82, 2.24) is 4.90 Å². The highest BCUT2D eigenvalue weighted by Crippen LogP contribution is 2.23. The molecule has 2 unspecified atom stereocenters. The molecule has 0 amide bonds. The molecule has 15 heavy (non-hydrogen) atoms. The van der Waals surface area contributed by atoms with E-state index in [0.29, 0.717) is 13.0 Å². The number of aliphatic carboxylic acids is 1. The Labute approximate surface area is 90.9 Å². The molecule has 0 bridgehead atoms. The lowest BCUT2D eigenvalue weighted by Crippen LogP contribution is -2.49. The fourth-order valence-corrected chi connectivity index (χ4v) is 2.15. The number of β-amino-alcohol motifs (C(OH)–C–C–N with tert-alkyl or cyclic N) is 1. The van der Waals surface area contributed by atoms with Crippen molar-refractivity contribution < 1.29 is 15.0 Å². The van der Waals surface area contributed by atoms with Crippen molar-refractivity contribution in [1.29, 1.82) is 0 Å². The maximum atomic E-state index is 10.4. The van der Waals surface area contributed by atoms with Crippen LogP contribution in [0.15, 0.2) is 0 Å². The van der Waals surface area contributed by atoms with Crippen molar-refractivity contribution in [3.05, 3.63) is 0 Å². The van der Waals surface area contributed by atoms with Crippen LogP contribution in [0.4, 0.5) is 0 Å². The van der Waals surface area contributed by atoms with E-state index in [1.165, 1.54) is 0 Å². The Morgan fingerprint density at radius 1 is 1.60 bits per heavy atom. The Balaban J connectivity index is 2.38. The highest BCUT2D eigenvalue weighted by Gasteiger charge is 2.30. The molecule has 1 saturated heterocycles. The van der Waals surface area contributed by atoms with E-state index in [1.54, 1.807) is 0 Å². The van der Waals surface area contributed by atoms with Gasteiger partial charge in [0.1, 0.15) is 0 Å². The predicted octanol–water partition coefficient (Wildman–Crippen LogP) is 1.09. The number of hydrogen-bond donors (Lipinski definition) is 2. The van der Waals surface area contributed by atoms with Gasteiger partial charge in [-0.15, -0.1) is 0 Å². The van der Waals surface area contributed by atoms with E-state index in [4.69, 9.17) is 5.11 Å². The molecule has 1 aliphatic heterocycles. The van der Waals surface area contributed by atoms with Crippen LogP contribution in [-0.2, 0) is 4.79 Å². The summed E-state index contributed by atoms with van der Waals surface area (Å²) in [6.07, 6.45) is 2.70. The monoisotopic (exact) mass is 215 g/mol. The number of nitrogens with zero attached hydrogens (tertiary/aromatic N) is 1. The Hall–Kier alpha value is -0.610. The van der Waals surface area contributed by atoms with E-state index >= 15 is 0 Å². The summed E-state index contributed by atoms with van der Waals surface area (Å²) in [7, 11) is 0. The molecule has 1 aliphatic rings. The second kappa shape index (κ2) is 4.94. The van der Waals surface area contributed by atoms with E-state index < -0.39 is 11.6 Å². The van der Waals surface area contributed by atoms with E-state index in [-0.39, 0.29) is 12.5 Å². The molecule has 0 saturated carbocycles. The fourth-order valence-electron chi connectivity index (χ4n) is 2.15. The number of likely N-dealkylation sites (tertiary alicyclic amines) is 1. The Kier molecular flexibility index (Phi) is 4.11. The molecule has 0 spiro atoms. The Bertz CT molecular complexity index is 228. The number of carboxylic acid groups (broad SMARTS) is 1. The van der Waals surface area contributed by atoms with Crippen LogP contribution in [0.2, 0.25) is 0 Å². The number of aliphatic hydroxyl groups is 1. The van der Waals surface area contributed by atoms with Crippen LogP contribution in [0.3, 0.4) is 0 Å². The van der Waals surface area contributed by atoms with Crippen LogP contribution in [0, 0.1) is 0 Å². The first-order valence-electron chi connectivity index (χ1n) is 5.59. The SMILES string of the molecule is CC(CCC(=O)O)N1CCCC(C)(O)C1. The smallest absolute Gasteiger partial charge is 0.303 e. The number of rotatable bonds is 4. The first-order valence-corrected chi connectivity index (χ1v) is 5.59. The van der Waals surface area contributed by atoms with Gasteiger partial charge in [0, 0.05) is 19.0 Å². The summed E-state index contributed by atoms with van der Waals surface area (Å²) in [4.78, 5) is 12.6. The van der Waals surface area contributed by atoms with E-state index in [0.717, 1.165) is 19.4 Å². The highest BCUT2D eigenvalue weighted by atomic mass is 16.4. The quantitative estimate of drug-likeness (QED) is 0.737. The number of carboxylic acids is 1. The highest BCUT2D eigenvalue weighted by molar-refractivity contribution is 5.66. The van der Waals surface area contributed by atoms with Crippen molar-refractivity contribution in [2.75, 3.05) is 13.1 Å². The summed E-state index contributed by atoms with van der Waals surface area (Å²) >= 11 is 0. The van der Waals surface area contributed by atoms with Crippen LogP contribution >= 0.6 is 0 Å². The third-order valence-corrected chi connectivity index (χ3v) is 3.10. The van der Waals surface area contributed by atoms with Crippen LogP contribution in [-0.4, -0.2) is 45.8 Å². The maximum Gasteiger partial charge on any atom is 0.303 e. The standard InChI is InChI=1S/C11H21NO3/c1-9(4-5-10(13)14)12-7-3-6-11(2,15)8-12/h9,15H,3-8H2,1-2H3,(H,13,14). The number of piperidine rings is 1. The van der Waals surface area contributed by atoms with Crippen LogP contribution in [0.1, 0.15) is 39.5 Å². The molecule has 1 fully saturated rings. The zero-order valence-electron chi connectivity index (χ0n) is 9.57.